The minimum Gasteiger partial charge on any atom is -0.382 e. The van der Waals surface area contributed by atoms with Crippen LogP contribution >= 0.6 is 23.2 Å². The molecule has 0 bridgehead atoms. The van der Waals surface area contributed by atoms with E-state index in [0.717, 1.165) is 5.56 Å². The van der Waals surface area contributed by atoms with Crippen LogP contribution < -0.4 is 16.8 Å². The molecule has 1 amide bonds. The average Bonchev–Trinajstić information content (AvgIpc) is 2.20. The first-order valence-corrected chi connectivity index (χ1v) is 5.42. The quantitative estimate of drug-likeness (QED) is 0.769. The molecule has 0 aliphatic rings. The Balaban J connectivity index is 2.74. The number of hydrogen-bond donors (Lipinski definition) is 3. The highest BCUT2D eigenvalue weighted by molar-refractivity contribution is 6.35. The summed E-state index contributed by atoms with van der Waals surface area (Å²) in [5.74, 6) is -0.568. The van der Waals surface area contributed by atoms with Gasteiger partial charge in [0.15, 0.2) is 0 Å². The topological polar surface area (TPSA) is 81.1 Å². The number of rotatable bonds is 4. The molecular formula is C10H13Cl2N3O. The Morgan fingerprint density at radius 3 is 2.62 bits per heavy atom. The van der Waals surface area contributed by atoms with Gasteiger partial charge in [0.05, 0.1) is 10.7 Å². The lowest BCUT2D eigenvalue weighted by Crippen LogP contribution is -2.41. The van der Waals surface area contributed by atoms with Crippen molar-refractivity contribution < 1.29 is 4.79 Å². The molecule has 1 unspecified atom stereocenters. The van der Waals surface area contributed by atoms with Crippen molar-refractivity contribution >= 4 is 34.8 Å². The number of nitrogens with two attached hydrogens (primary N) is 2. The monoisotopic (exact) mass is 261 g/mol. The van der Waals surface area contributed by atoms with Crippen LogP contribution in [-0.4, -0.2) is 18.5 Å². The van der Waals surface area contributed by atoms with Crippen LogP contribution in [0.25, 0.3) is 0 Å². The molecule has 0 saturated heterocycles. The van der Waals surface area contributed by atoms with E-state index in [1.54, 1.807) is 12.1 Å². The molecule has 1 atom stereocenters. The third-order valence-electron chi connectivity index (χ3n) is 2.13. The third-order valence-corrected chi connectivity index (χ3v) is 2.85. The zero-order chi connectivity index (χ0) is 12.3. The maximum Gasteiger partial charge on any atom is 0.236 e. The lowest BCUT2D eigenvalue weighted by molar-refractivity contribution is -0.118. The van der Waals surface area contributed by atoms with Crippen molar-refractivity contribution in [1.82, 2.24) is 0 Å². The van der Waals surface area contributed by atoms with Crippen molar-refractivity contribution in [2.24, 2.45) is 11.5 Å². The number of anilines is 1. The molecule has 0 aliphatic heterocycles. The Kier molecular flexibility index (Phi) is 4.41. The van der Waals surface area contributed by atoms with Crippen molar-refractivity contribution in [3.8, 4) is 0 Å². The molecular weight excluding hydrogens is 249 g/mol. The number of aryl methyl sites for hydroxylation is 1. The number of benzene rings is 1. The summed E-state index contributed by atoms with van der Waals surface area (Å²) in [6, 6.07) is 2.67. The summed E-state index contributed by atoms with van der Waals surface area (Å²) in [6.45, 7) is 2.07. The van der Waals surface area contributed by atoms with Gasteiger partial charge in [-0.1, -0.05) is 23.2 Å². The second-order valence-corrected chi connectivity index (χ2v) is 4.29. The second kappa shape index (κ2) is 5.39. The van der Waals surface area contributed by atoms with Gasteiger partial charge in [0.1, 0.15) is 6.04 Å². The molecule has 88 valence electrons. The maximum absolute atomic E-state index is 10.7. The fourth-order valence-electron chi connectivity index (χ4n) is 1.10. The van der Waals surface area contributed by atoms with Gasteiger partial charge < -0.3 is 16.8 Å². The normalized spacial score (nSPS) is 12.2. The zero-order valence-corrected chi connectivity index (χ0v) is 10.3. The van der Waals surface area contributed by atoms with Crippen molar-refractivity contribution in [2.75, 3.05) is 11.9 Å². The van der Waals surface area contributed by atoms with Crippen LogP contribution in [0.3, 0.4) is 0 Å². The van der Waals surface area contributed by atoms with Crippen LogP contribution in [-0.2, 0) is 4.79 Å². The Labute approximate surface area is 104 Å². The van der Waals surface area contributed by atoms with E-state index in [4.69, 9.17) is 34.7 Å². The fraction of sp³-hybridized carbons (Fsp3) is 0.300. The minimum absolute atomic E-state index is 0.217. The van der Waals surface area contributed by atoms with Crippen LogP contribution in [0.4, 0.5) is 5.69 Å². The molecule has 0 saturated carbocycles. The van der Waals surface area contributed by atoms with E-state index in [-0.39, 0.29) is 6.54 Å². The van der Waals surface area contributed by atoms with E-state index < -0.39 is 11.9 Å². The van der Waals surface area contributed by atoms with Gasteiger partial charge in [-0.3, -0.25) is 4.79 Å². The van der Waals surface area contributed by atoms with Crippen LogP contribution in [0, 0.1) is 6.92 Å². The van der Waals surface area contributed by atoms with Gasteiger partial charge in [-0.2, -0.15) is 0 Å². The number of nitrogens with one attached hydrogen (secondary N) is 1. The molecule has 0 radical (unpaired) electrons. The summed E-state index contributed by atoms with van der Waals surface area (Å²) in [4.78, 5) is 10.7. The van der Waals surface area contributed by atoms with E-state index in [1.165, 1.54) is 0 Å². The Bertz CT molecular complexity index is 409. The lowest BCUT2D eigenvalue weighted by atomic mass is 10.2. The number of carbonyl (C=O) groups excluding carboxylic acids is 1. The molecule has 16 heavy (non-hydrogen) atoms. The first-order chi connectivity index (χ1) is 7.41. The predicted octanol–water partition coefficient (Wildman–Crippen LogP) is 1.53. The van der Waals surface area contributed by atoms with E-state index >= 15 is 0 Å². The van der Waals surface area contributed by atoms with E-state index in [1.807, 2.05) is 6.92 Å². The molecule has 0 spiro atoms. The molecule has 0 fully saturated rings. The van der Waals surface area contributed by atoms with Gasteiger partial charge in [0.2, 0.25) is 5.91 Å². The highest BCUT2D eigenvalue weighted by atomic mass is 35.5. The standard InChI is InChI=1S/C10H13Cl2N3O/c1-5-2-7(12)9(3-6(5)11)15-4-8(13)10(14)16/h2-3,8,15H,4,13H2,1H3,(H2,14,16). The highest BCUT2D eigenvalue weighted by Crippen LogP contribution is 2.28. The smallest absolute Gasteiger partial charge is 0.236 e. The number of hydrogen-bond acceptors (Lipinski definition) is 3. The summed E-state index contributed by atoms with van der Waals surface area (Å²) >= 11 is 11.9. The van der Waals surface area contributed by atoms with Crippen LogP contribution in [0.5, 0.6) is 0 Å². The minimum atomic E-state index is -0.754. The molecule has 1 aromatic rings. The van der Waals surface area contributed by atoms with E-state index in [9.17, 15) is 4.79 Å². The molecule has 1 rings (SSSR count). The van der Waals surface area contributed by atoms with Crippen molar-refractivity contribution in [2.45, 2.75) is 13.0 Å². The van der Waals surface area contributed by atoms with Gasteiger partial charge in [0.25, 0.3) is 0 Å². The van der Waals surface area contributed by atoms with Crippen molar-refractivity contribution in [1.29, 1.82) is 0 Å². The summed E-state index contributed by atoms with van der Waals surface area (Å²) in [7, 11) is 0. The Hall–Kier alpha value is -0.970. The number of primary amides is 1. The molecule has 0 heterocycles. The second-order valence-electron chi connectivity index (χ2n) is 3.47. The van der Waals surface area contributed by atoms with E-state index in [2.05, 4.69) is 5.32 Å². The molecule has 5 N–H and O–H groups in total. The number of halogens is 2. The summed E-state index contributed by atoms with van der Waals surface area (Å²) in [5, 5.41) is 4.04. The largest absolute Gasteiger partial charge is 0.382 e. The summed E-state index contributed by atoms with van der Waals surface area (Å²) in [6.07, 6.45) is 0. The Morgan fingerprint density at radius 1 is 1.44 bits per heavy atom. The van der Waals surface area contributed by atoms with Crippen LogP contribution in [0.2, 0.25) is 10.0 Å². The van der Waals surface area contributed by atoms with Gasteiger partial charge in [0, 0.05) is 11.6 Å². The molecule has 6 heteroatoms. The predicted molar refractivity (Wildman–Crippen MR) is 66.9 cm³/mol. The van der Waals surface area contributed by atoms with Gasteiger partial charge in [-0.05, 0) is 24.6 Å². The van der Waals surface area contributed by atoms with Crippen LogP contribution in [0.1, 0.15) is 5.56 Å². The summed E-state index contributed by atoms with van der Waals surface area (Å²) in [5.41, 5.74) is 12.0. The molecule has 1 aromatic carbocycles. The number of carbonyl (C=O) groups is 1. The zero-order valence-electron chi connectivity index (χ0n) is 8.76. The lowest BCUT2D eigenvalue weighted by Gasteiger charge is -2.12. The average molecular weight is 262 g/mol. The van der Waals surface area contributed by atoms with Gasteiger partial charge in [-0.25, -0.2) is 0 Å². The number of amides is 1. The molecule has 0 aromatic heterocycles. The van der Waals surface area contributed by atoms with Gasteiger partial charge >= 0.3 is 0 Å². The van der Waals surface area contributed by atoms with Crippen LogP contribution in [0.15, 0.2) is 12.1 Å². The highest BCUT2D eigenvalue weighted by Gasteiger charge is 2.10. The Morgan fingerprint density at radius 2 is 2.06 bits per heavy atom. The summed E-state index contributed by atoms with van der Waals surface area (Å²) < 4.78 is 0. The SMILES string of the molecule is Cc1cc(Cl)c(NCC(N)C(N)=O)cc1Cl. The van der Waals surface area contributed by atoms with Crippen molar-refractivity contribution in [3.63, 3.8) is 0 Å². The molecule has 0 aliphatic carbocycles. The van der Waals surface area contributed by atoms with E-state index in [0.29, 0.717) is 15.7 Å². The fourth-order valence-corrected chi connectivity index (χ4v) is 1.55. The molecule has 4 nitrogen and oxygen atoms in total. The third kappa shape index (κ3) is 3.27. The van der Waals surface area contributed by atoms with Crippen molar-refractivity contribution in [3.05, 3.63) is 27.7 Å². The maximum atomic E-state index is 10.7. The first kappa shape index (κ1) is 13.1. The first-order valence-electron chi connectivity index (χ1n) is 4.66. The van der Waals surface area contributed by atoms with Gasteiger partial charge in [-0.15, -0.1) is 0 Å².